The van der Waals surface area contributed by atoms with E-state index in [0.29, 0.717) is 0 Å². The lowest BCUT2D eigenvalue weighted by molar-refractivity contribution is 0.288. The summed E-state index contributed by atoms with van der Waals surface area (Å²) >= 11 is 0. The second-order valence-electron chi connectivity index (χ2n) is 2.88. The van der Waals surface area contributed by atoms with Gasteiger partial charge in [-0.15, -0.1) is 0 Å². The molecule has 0 aliphatic rings. The fourth-order valence-electron chi connectivity index (χ4n) is 1.06. The highest BCUT2D eigenvalue weighted by Crippen LogP contribution is 2.08. The van der Waals surface area contributed by atoms with E-state index in [9.17, 15) is 5.02 Å². The van der Waals surface area contributed by atoms with E-state index < -0.39 is 7.32 Å². The van der Waals surface area contributed by atoms with Crippen molar-refractivity contribution in [2.75, 3.05) is 0 Å². The molecule has 0 bridgehead atoms. The first-order valence-electron chi connectivity index (χ1n) is 4.68. The summed E-state index contributed by atoms with van der Waals surface area (Å²) in [5, 5.41) is 9.43. The summed E-state index contributed by atoms with van der Waals surface area (Å²) in [5.41, 5.74) is 0. The van der Waals surface area contributed by atoms with Gasteiger partial charge < -0.3 is 14.3 Å². The van der Waals surface area contributed by atoms with Crippen molar-refractivity contribution in [3.63, 3.8) is 0 Å². The molecular weight excluding hydrogens is 207 g/mol. The molecule has 0 amide bonds. The zero-order valence-electron chi connectivity index (χ0n) is 8.35. The van der Waals surface area contributed by atoms with Gasteiger partial charge in [-0.1, -0.05) is 12.1 Å². The molecule has 0 spiro atoms. The smallest absolute Gasteiger partial charge is 0.486 e. The summed E-state index contributed by atoms with van der Waals surface area (Å²) in [6, 6.07) is 10.2. The van der Waals surface area contributed by atoms with Crippen molar-refractivity contribution in [2.24, 2.45) is 0 Å². The lowest BCUT2D eigenvalue weighted by Gasteiger charge is -2.08. The second kappa shape index (κ2) is 5.13. The Morgan fingerprint density at radius 2 is 1.38 bits per heavy atom. The highest BCUT2D eigenvalue weighted by molar-refractivity contribution is 6.36. The van der Waals surface area contributed by atoms with E-state index >= 15 is 0 Å². The number of rotatable bonds is 4. The third-order valence-corrected chi connectivity index (χ3v) is 1.72. The van der Waals surface area contributed by atoms with Crippen LogP contribution in [0.15, 0.2) is 48.8 Å². The molecule has 0 saturated carbocycles. The normalized spacial score (nSPS) is 9.56. The first kappa shape index (κ1) is 10.4. The van der Waals surface area contributed by atoms with Crippen LogP contribution in [0.1, 0.15) is 0 Å². The Balaban J connectivity index is 1.92. The Morgan fingerprint density at radius 1 is 0.875 bits per heavy atom. The van der Waals surface area contributed by atoms with Gasteiger partial charge in [0.2, 0.25) is 0 Å². The van der Waals surface area contributed by atoms with Crippen molar-refractivity contribution in [3.05, 3.63) is 48.8 Å². The first-order valence-corrected chi connectivity index (χ1v) is 4.68. The van der Waals surface area contributed by atoms with Gasteiger partial charge >= 0.3 is 7.32 Å². The molecular formula is C10H9BN2O3. The van der Waals surface area contributed by atoms with Gasteiger partial charge in [0.05, 0.1) is 0 Å². The number of hydrogen-bond donors (Lipinski definition) is 1. The Kier molecular flexibility index (Phi) is 3.35. The number of hydrogen-bond acceptors (Lipinski definition) is 5. The SMILES string of the molecule is OB(Oc1ccccn1)Oc1ccccn1. The average molecular weight is 216 g/mol. The maximum absolute atomic E-state index is 9.43. The van der Waals surface area contributed by atoms with Gasteiger partial charge in [-0.25, -0.2) is 9.97 Å². The van der Waals surface area contributed by atoms with Gasteiger partial charge in [-0.2, -0.15) is 0 Å². The summed E-state index contributed by atoms with van der Waals surface area (Å²) in [5.74, 6) is 0.567. The third kappa shape index (κ3) is 2.96. The minimum atomic E-state index is -1.43. The van der Waals surface area contributed by atoms with Gasteiger partial charge in [-0.3, -0.25) is 0 Å². The van der Waals surface area contributed by atoms with Crippen molar-refractivity contribution in [1.82, 2.24) is 9.97 Å². The van der Waals surface area contributed by atoms with Crippen molar-refractivity contribution in [1.29, 1.82) is 0 Å². The van der Waals surface area contributed by atoms with Crippen LogP contribution in [0, 0.1) is 0 Å². The molecule has 0 atom stereocenters. The molecule has 6 heteroatoms. The van der Waals surface area contributed by atoms with Crippen LogP contribution in [-0.4, -0.2) is 22.3 Å². The Bertz CT molecular complexity index is 385. The Morgan fingerprint density at radius 3 is 1.75 bits per heavy atom. The maximum atomic E-state index is 9.43. The molecule has 0 aromatic carbocycles. The van der Waals surface area contributed by atoms with E-state index in [4.69, 9.17) is 9.31 Å². The summed E-state index contributed by atoms with van der Waals surface area (Å²) in [6.45, 7) is 0. The van der Waals surface area contributed by atoms with Crippen molar-refractivity contribution < 1.29 is 14.3 Å². The fraction of sp³-hybridized carbons (Fsp3) is 0. The van der Waals surface area contributed by atoms with Crippen LogP contribution in [0.3, 0.4) is 0 Å². The summed E-state index contributed by atoms with van der Waals surface area (Å²) < 4.78 is 10.0. The molecule has 0 fully saturated rings. The van der Waals surface area contributed by atoms with Crippen molar-refractivity contribution in [3.8, 4) is 11.8 Å². The molecule has 2 heterocycles. The van der Waals surface area contributed by atoms with E-state index in [2.05, 4.69) is 9.97 Å². The maximum Gasteiger partial charge on any atom is 0.787 e. The molecule has 0 aliphatic heterocycles. The van der Waals surface area contributed by atoms with E-state index in [1.807, 2.05) is 0 Å². The van der Waals surface area contributed by atoms with E-state index in [0.717, 1.165) is 0 Å². The van der Waals surface area contributed by atoms with Gasteiger partial charge in [0, 0.05) is 12.4 Å². The predicted octanol–water partition coefficient (Wildman–Crippen LogP) is 0.912. The lowest BCUT2D eigenvalue weighted by atomic mass is 10.2. The van der Waals surface area contributed by atoms with Crippen LogP contribution in [0.4, 0.5) is 0 Å². The molecule has 80 valence electrons. The molecule has 16 heavy (non-hydrogen) atoms. The molecule has 2 aromatic heterocycles. The molecule has 0 unspecified atom stereocenters. The summed E-state index contributed by atoms with van der Waals surface area (Å²) in [7, 11) is -1.43. The Labute approximate surface area is 92.9 Å². The number of pyridine rings is 2. The molecule has 1 N–H and O–H groups in total. The third-order valence-electron chi connectivity index (χ3n) is 1.72. The van der Waals surface area contributed by atoms with Crippen molar-refractivity contribution >= 4 is 7.32 Å². The minimum absolute atomic E-state index is 0.283. The minimum Gasteiger partial charge on any atom is -0.486 e. The van der Waals surface area contributed by atoms with Gasteiger partial charge in [0.25, 0.3) is 0 Å². The standard InChI is InChI=1S/C10H9BN2O3/c14-11(15-9-5-1-3-7-12-9)16-10-6-2-4-8-13-10/h1-8,14H. The summed E-state index contributed by atoms with van der Waals surface area (Å²) in [4.78, 5) is 7.76. The number of nitrogens with zero attached hydrogens (tertiary/aromatic N) is 2. The molecule has 5 nitrogen and oxygen atoms in total. The van der Waals surface area contributed by atoms with Gasteiger partial charge in [0.1, 0.15) is 0 Å². The molecule has 0 aliphatic carbocycles. The van der Waals surface area contributed by atoms with Crippen LogP contribution in [0.25, 0.3) is 0 Å². The largest absolute Gasteiger partial charge is 0.787 e. The van der Waals surface area contributed by atoms with Crippen LogP contribution in [-0.2, 0) is 0 Å². The van der Waals surface area contributed by atoms with E-state index in [1.165, 1.54) is 0 Å². The molecule has 2 rings (SSSR count). The molecule has 0 radical (unpaired) electrons. The Hall–Kier alpha value is -2.08. The predicted molar refractivity (Wildman–Crippen MR) is 57.7 cm³/mol. The quantitative estimate of drug-likeness (QED) is 0.769. The topological polar surface area (TPSA) is 64.5 Å². The van der Waals surface area contributed by atoms with E-state index in [1.54, 1.807) is 48.8 Å². The second-order valence-corrected chi connectivity index (χ2v) is 2.88. The van der Waals surface area contributed by atoms with Crippen LogP contribution in [0.5, 0.6) is 11.8 Å². The average Bonchev–Trinajstić information content (AvgIpc) is 2.31. The highest BCUT2D eigenvalue weighted by Gasteiger charge is 2.21. The van der Waals surface area contributed by atoms with Crippen LogP contribution >= 0.6 is 0 Å². The van der Waals surface area contributed by atoms with Gasteiger partial charge in [-0.05, 0) is 24.3 Å². The van der Waals surface area contributed by atoms with Crippen molar-refractivity contribution in [2.45, 2.75) is 0 Å². The summed E-state index contributed by atoms with van der Waals surface area (Å²) in [6.07, 6.45) is 3.12. The zero-order chi connectivity index (χ0) is 11.2. The molecule has 2 aromatic rings. The lowest BCUT2D eigenvalue weighted by Crippen LogP contribution is -2.30. The van der Waals surface area contributed by atoms with Crippen LogP contribution < -0.4 is 9.31 Å². The fourth-order valence-corrected chi connectivity index (χ4v) is 1.06. The monoisotopic (exact) mass is 216 g/mol. The first-order chi connectivity index (χ1) is 7.84. The van der Waals surface area contributed by atoms with E-state index in [-0.39, 0.29) is 11.8 Å². The molecule has 0 saturated heterocycles. The number of aromatic nitrogens is 2. The zero-order valence-corrected chi connectivity index (χ0v) is 8.35. The highest BCUT2D eigenvalue weighted by atomic mass is 16.7. The van der Waals surface area contributed by atoms with Crippen LogP contribution in [0.2, 0.25) is 0 Å². The van der Waals surface area contributed by atoms with Gasteiger partial charge in [0.15, 0.2) is 11.8 Å².